The molecule has 6 nitrogen and oxygen atoms in total. The fourth-order valence-corrected chi connectivity index (χ4v) is 2.49. The van der Waals surface area contributed by atoms with Crippen LogP contribution in [0.3, 0.4) is 0 Å². The smallest absolute Gasteiger partial charge is 0.244 e. The highest BCUT2D eigenvalue weighted by Gasteiger charge is 2.22. The van der Waals surface area contributed by atoms with Gasteiger partial charge >= 0.3 is 0 Å². The molecule has 1 fully saturated rings. The van der Waals surface area contributed by atoms with Crippen LogP contribution in [0.2, 0.25) is 0 Å². The first-order valence-corrected chi connectivity index (χ1v) is 8.55. The fraction of sp³-hybridized carbons (Fsp3) is 0.556. The van der Waals surface area contributed by atoms with E-state index in [1.807, 2.05) is 19.1 Å². The summed E-state index contributed by atoms with van der Waals surface area (Å²) < 4.78 is 5.22. The van der Waals surface area contributed by atoms with Gasteiger partial charge in [0.05, 0.1) is 25.9 Å². The minimum atomic E-state index is -0.219. The molecule has 2 amide bonds. The lowest BCUT2D eigenvalue weighted by molar-refractivity contribution is -0.133. The third-order valence-corrected chi connectivity index (χ3v) is 3.97. The van der Waals surface area contributed by atoms with Crippen LogP contribution in [0.1, 0.15) is 26.2 Å². The Balaban J connectivity index is 1.85. The first-order valence-electron chi connectivity index (χ1n) is 8.55. The molecule has 0 bridgehead atoms. The molecule has 1 aliphatic carbocycles. The summed E-state index contributed by atoms with van der Waals surface area (Å²) in [7, 11) is 1.56. The minimum absolute atomic E-state index is 0.0346. The Kier molecular flexibility index (Phi) is 7.06. The molecule has 1 saturated carbocycles. The fourth-order valence-electron chi connectivity index (χ4n) is 2.49. The summed E-state index contributed by atoms with van der Waals surface area (Å²) >= 11 is 0. The Hall–Kier alpha value is -2.08. The standard InChI is InChI=1S/C18H27N3O3/c1-3-10-21(18(23)12-19-11-14-8-9-14)13-17(22)20-15-6-4-5-7-16(15)24-2/h4-7,14,19H,3,8-13H2,1-2H3,(H,20,22). The SMILES string of the molecule is CCCN(CC(=O)Nc1ccccc1OC)C(=O)CNCC1CC1. The van der Waals surface area contributed by atoms with Crippen LogP contribution in [0.5, 0.6) is 5.75 Å². The van der Waals surface area contributed by atoms with Crippen molar-refractivity contribution in [3.05, 3.63) is 24.3 Å². The van der Waals surface area contributed by atoms with Gasteiger partial charge < -0.3 is 20.3 Å². The van der Waals surface area contributed by atoms with E-state index in [9.17, 15) is 9.59 Å². The van der Waals surface area contributed by atoms with E-state index in [2.05, 4.69) is 10.6 Å². The number of ether oxygens (including phenoxy) is 1. The zero-order valence-corrected chi connectivity index (χ0v) is 14.5. The molecule has 2 N–H and O–H groups in total. The van der Waals surface area contributed by atoms with Crippen LogP contribution in [0.4, 0.5) is 5.69 Å². The molecule has 0 aromatic heterocycles. The topological polar surface area (TPSA) is 70.7 Å². The van der Waals surface area contributed by atoms with E-state index in [1.54, 1.807) is 24.1 Å². The summed E-state index contributed by atoms with van der Waals surface area (Å²) in [6.07, 6.45) is 3.32. The van der Waals surface area contributed by atoms with Crippen LogP contribution in [0, 0.1) is 5.92 Å². The number of nitrogens with zero attached hydrogens (tertiary/aromatic N) is 1. The van der Waals surface area contributed by atoms with E-state index in [0.717, 1.165) is 18.9 Å². The summed E-state index contributed by atoms with van der Waals surface area (Å²) in [5, 5.41) is 6.00. The van der Waals surface area contributed by atoms with Gasteiger partial charge in [-0.3, -0.25) is 9.59 Å². The first-order chi connectivity index (χ1) is 11.6. The van der Waals surface area contributed by atoms with Crippen LogP contribution in [-0.2, 0) is 9.59 Å². The maximum atomic E-state index is 12.3. The van der Waals surface area contributed by atoms with E-state index in [-0.39, 0.29) is 18.4 Å². The number of hydrogen-bond donors (Lipinski definition) is 2. The number of carbonyl (C=O) groups excluding carboxylic acids is 2. The van der Waals surface area contributed by atoms with Crippen molar-refractivity contribution in [1.29, 1.82) is 0 Å². The van der Waals surface area contributed by atoms with Gasteiger partial charge in [-0.25, -0.2) is 0 Å². The molecule has 1 aromatic rings. The van der Waals surface area contributed by atoms with Crippen LogP contribution >= 0.6 is 0 Å². The molecule has 0 atom stereocenters. The summed E-state index contributed by atoms with van der Waals surface area (Å²) in [6.45, 7) is 3.80. The van der Waals surface area contributed by atoms with Gasteiger partial charge in [0, 0.05) is 6.54 Å². The second kappa shape index (κ2) is 9.27. The number of methoxy groups -OCH3 is 1. The van der Waals surface area contributed by atoms with E-state index in [1.165, 1.54) is 12.8 Å². The number of anilines is 1. The van der Waals surface area contributed by atoms with Crippen molar-refractivity contribution in [1.82, 2.24) is 10.2 Å². The van der Waals surface area contributed by atoms with Crippen molar-refractivity contribution in [2.24, 2.45) is 5.92 Å². The Bertz CT molecular complexity index is 558. The average Bonchev–Trinajstić information content (AvgIpc) is 3.39. The summed E-state index contributed by atoms with van der Waals surface area (Å²) in [5.74, 6) is 1.08. The molecular weight excluding hydrogens is 306 g/mol. The summed E-state index contributed by atoms with van der Waals surface area (Å²) in [4.78, 5) is 26.2. The molecular formula is C18H27N3O3. The van der Waals surface area contributed by atoms with E-state index in [4.69, 9.17) is 4.74 Å². The normalized spacial score (nSPS) is 13.4. The van der Waals surface area contributed by atoms with E-state index >= 15 is 0 Å². The predicted molar refractivity (Wildman–Crippen MR) is 94.1 cm³/mol. The molecule has 6 heteroatoms. The van der Waals surface area contributed by atoms with Gasteiger partial charge in [-0.05, 0) is 43.9 Å². The molecule has 0 spiro atoms. The molecule has 1 aromatic carbocycles. The first kappa shape index (κ1) is 18.3. The van der Waals surface area contributed by atoms with Gasteiger partial charge in [-0.15, -0.1) is 0 Å². The van der Waals surface area contributed by atoms with Crippen molar-refractivity contribution < 1.29 is 14.3 Å². The van der Waals surface area contributed by atoms with Gasteiger partial charge in [0.25, 0.3) is 0 Å². The van der Waals surface area contributed by atoms with Gasteiger partial charge in [0.2, 0.25) is 11.8 Å². The van der Waals surface area contributed by atoms with Crippen LogP contribution in [0.15, 0.2) is 24.3 Å². The zero-order chi connectivity index (χ0) is 17.4. The number of carbonyl (C=O) groups is 2. The Labute approximate surface area is 143 Å². The monoisotopic (exact) mass is 333 g/mol. The number of nitrogens with one attached hydrogen (secondary N) is 2. The number of amides is 2. The lowest BCUT2D eigenvalue weighted by Crippen LogP contribution is -2.43. The number of hydrogen-bond acceptors (Lipinski definition) is 4. The molecule has 2 rings (SSSR count). The van der Waals surface area contributed by atoms with E-state index < -0.39 is 0 Å². The van der Waals surface area contributed by atoms with Crippen molar-refractivity contribution >= 4 is 17.5 Å². The summed E-state index contributed by atoms with van der Waals surface area (Å²) in [6, 6.07) is 7.23. The van der Waals surface area contributed by atoms with Gasteiger partial charge in [0.1, 0.15) is 5.75 Å². The summed E-state index contributed by atoms with van der Waals surface area (Å²) in [5.41, 5.74) is 0.612. The molecule has 0 unspecified atom stereocenters. The van der Waals surface area contributed by atoms with Gasteiger partial charge in [0.15, 0.2) is 0 Å². The Morgan fingerprint density at radius 2 is 2.04 bits per heavy atom. The predicted octanol–water partition coefficient (Wildman–Crippen LogP) is 1.87. The highest BCUT2D eigenvalue weighted by Crippen LogP contribution is 2.27. The number of rotatable bonds is 10. The molecule has 1 aliphatic rings. The molecule has 0 radical (unpaired) electrons. The minimum Gasteiger partial charge on any atom is -0.495 e. The van der Waals surface area contributed by atoms with Crippen LogP contribution < -0.4 is 15.4 Å². The highest BCUT2D eigenvalue weighted by atomic mass is 16.5. The Morgan fingerprint density at radius 1 is 1.29 bits per heavy atom. The molecule has 0 saturated heterocycles. The molecule has 24 heavy (non-hydrogen) atoms. The van der Waals surface area contributed by atoms with E-state index in [0.29, 0.717) is 24.5 Å². The highest BCUT2D eigenvalue weighted by molar-refractivity contribution is 5.95. The van der Waals surface area contributed by atoms with Crippen molar-refractivity contribution in [2.45, 2.75) is 26.2 Å². The van der Waals surface area contributed by atoms with Crippen LogP contribution in [-0.4, -0.2) is 50.0 Å². The van der Waals surface area contributed by atoms with Gasteiger partial charge in [-0.2, -0.15) is 0 Å². The van der Waals surface area contributed by atoms with Crippen molar-refractivity contribution in [3.63, 3.8) is 0 Å². The molecule has 132 valence electrons. The molecule has 0 heterocycles. The third-order valence-electron chi connectivity index (χ3n) is 3.97. The second-order valence-corrected chi connectivity index (χ2v) is 6.14. The second-order valence-electron chi connectivity index (χ2n) is 6.14. The average molecular weight is 333 g/mol. The van der Waals surface area contributed by atoms with Crippen molar-refractivity contribution in [2.75, 3.05) is 38.6 Å². The lowest BCUT2D eigenvalue weighted by atomic mass is 10.3. The quantitative estimate of drug-likeness (QED) is 0.686. The van der Waals surface area contributed by atoms with Crippen molar-refractivity contribution in [3.8, 4) is 5.75 Å². The number of benzene rings is 1. The van der Waals surface area contributed by atoms with Gasteiger partial charge in [-0.1, -0.05) is 19.1 Å². The largest absolute Gasteiger partial charge is 0.495 e. The maximum Gasteiger partial charge on any atom is 0.244 e. The number of para-hydroxylation sites is 2. The molecule has 0 aliphatic heterocycles. The maximum absolute atomic E-state index is 12.3. The zero-order valence-electron chi connectivity index (χ0n) is 14.5. The third kappa shape index (κ3) is 5.85. The Morgan fingerprint density at radius 3 is 2.71 bits per heavy atom. The van der Waals surface area contributed by atoms with Crippen LogP contribution in [0.25, 0.3) is 0 Å². The lowest BCUT2D eigenvalue weighted by Gasteiger charge is -2.22.